The summed E-state index contributed by atoms with van der Waals surface area (Å²) in [5.74, 6) is 0. The van der Waals surface area contributed by atoms with Crippen LogP contribution >= 0.6 is 11.8 Å². The molecule has 1 aromatic heterocycles. The normalized spacial score (nSPS) is 13.7. The molecule has 0 bridgehead atoms. The minimum atomic E-state index is 0. The third-order valence-corrected chi connectivity index (χ3v) is 7.62. The smallest absolute Gasteiger partial charge is 0.213 e. The first kappa shape index (κ1) is 25.1. The van der Waals surface area contributed by atoms with Crippen molar-refractivity contribution in [2.75, 3.05) is 4.90 Å². The van der Waals surface area contributed by atoms with E-state index in [0.29, 0.717) is 0 Å². The predicted octanol–water partition coefficient (Wildman–Crippen LogP) is 4.85. The summed E-state index contributed by atoms with van der Waals surface area (Å²) in [5.41, 5.74) is 6.35. The van der Waals surface area contributed by atoms with E-state index >= 15 is 0 Å². The predicted molar refractivity (Wildman–Crippen MR) is 152 cm³/mol. The summed E-state index contributed by atoms with van der Waals surface area (Å²) in [7, 11) is 0. The number of halogens is 1. The fourth-order valence-electron chi connectivity index (χ4n) is 4.71. The molecule has 182 valence electrons. The molecule has 0 amide bonds. The summed E-state index contributed by atoms with van der Waals surface area (Å²) >= 11 is 1.84. The van der Waals surface area contributed by atoms with Crippen LogP contribution in [0, 0.1) is 0 Å². The van der Waals surface area contributed by atoms with Crippen LogP contribution in [0.25, 0.3) is 17.0 Å². The minimum Gasteiger partial charge on any atom is -1.00 e. The summed E-state index contributed by atoms with van der Waals surface area (Å²) < 4.78 is 2.32. The average molecular weight is 564 g/mol. The molecule has 1 aliphatic rings. The van der Waals surface area contributed by atoms with Gasteiger partial charge in [0.1, 0.15) is 0 Å². The number of thioether (sulfide) groups is 1. The second kappa shape index (κ2) is 11.6. The van der Waals surface area contributed by atoms with Crippen LogP contribution in [0.3, 0.4) is 0 Å². The van der Waals surface area contributed by atoms with Crippen molar-refractivity contribution in [3.63, 3.8) is 0 Å². The average Bonchev–Trinajstić information content (AvgIpc) is 3.28. The van der Waals surface area contributed by atoms with Crippen molar-refractivity contribution < 1.29 is 21.5 Å². The van der Waals surface area contributed by atoms with Crippen molar-refractivity contribution in [2.45, 2.75) is 18.0 Å². The number of allylic oxidation sites excluding steroid dienone is 2. The number of benzene rings is 4. The molecule has 2 nitrogen and oxygen atoms in total. The first-order valence-corrected chi connectivity index (χ1v) is 13.1. The quantitative estimate of drug-likeness (QED) is 0.273. The Bertz CT molecular complexity index is 1560. The summed E-state index contributed by atoms with van der Waals surface area (Å²) in [6.45, 7) is 1.72. The molecule has 0 unspecified atom stereocenters. The number of pyridine rings is 1. The van der Waals surface area contributed by atoms with E-state index < -0.39 is 0 Å². The molecule has 0 fully saturated rings. The maximum atomic E-state index is 2.41. The zero-order chi connectivity index (χ0) is 24.2. The van der Waals surface area contributed by atoms with Gasteiger partial charge in [-0.1, -0.05) is 109 Å². The Morgan fingerprint density at radius 2 is 1.38 bits per heavy atom. The van der Waals surface area contributed by atoms with Gasteiger partial charge >= 0.3 is 0 Å². The van der Waals surface area contributed by atoms with Crippen molar-refractivity contribution in [3.8, 4) is 0 Å². The number of hydrogen-bond acceptors (Lipinski definition) is 2. The summed E-state index contributed by atoms with van der Waals surface area (Å²) in [6.07, 6.45) is 8.86. The molecule has 2 heterocycles. The van der Waals surface area contributed by atoms with Crippen molar-refractivity contribution in [1.82, 2.24) is 0 Å². The molecule has 0 saturated heterocycles. The Morgan fingerprint density at radius 3 is 2.19 bits per heavy atom. The van der Waals surface area contributed by atoms with Gasteiger partial charge in [-0.25, -0.2) is 0 Å². The summed E-state index contributed by atoms with van der Waals surface area (Å²) in [5, 5.41) is 2.50. The number of anilines is 1. The number of hydrogen-bond donors (Lipinski definition) is 0. The molecule has 0 atom stereocenters. The van der Waals surface area contributed by atoms with Crippen LogP contribution in [0.2, 0.25) is 0 Å². The Hall–Kier alpha value is -3.60. The van der Waals surface area contributed by atoms with E-state index in [1.807, 2.05) is 11.8 Å². The second-order valence-electron chi connectivity index (χ2n) is 8.91. The van der Waals surface area contributed by atoms with Gasteiger partial charge in [0.05, 0.1) is 16.1 Å². The Morgan fingerprint density at radius 1 is 0.703 bits per heavy atom. The third-order valence-electron chi connectivity index (χ3n) is 6.49. The highest BCUT2D eigenvalue weighted by Gasteiger charge is 2.24. The van der Waals surface area contributed by atoms with Gasteiger partial charge in [0, 0.05) is 29.1 Å². The first-order valence-electron chi connectivity index (χ1n) is 12.3. The van der Waals surface area contributed by atoms with Gasteiger partial charge in [-0.05, 0) is 35.4 Å². The number of rotatable bonds is 6. The molecule has 0 N–H and O–H groups in total. The maximum Gasteiger partial charge on any atom is 0.213 e. The highest BCUT2D eigenvalue weighted by atomic mass is 79.9. The van der Waals surface area contributed by atoms with E-state index in [9.17, 15) is 0 Å². The molecule has 0 aliphatic carbocycles. The minimum absolute atomic E-state index is 0. The lowest BCUT2D eigenvalue weighted by Crippen LogP contribution is -3.00. The van der Waals surface area contributed by atoms with Gasteiger partial charge in [-0.15, -0.1) is 0 Å². The lowest BCUT2D eigenvalue weighted by atomic mass is 10.1. The summed E-state index contributed by atoms with van der Waals surface area (Å²) in [6, 6.07) is 40.9. The fraction of sp³-hybridized carbons (Fsp3) is 0.0606. The first-order chi connectivity index (χ1) is 17.8. The van der Waals surface area contributed by atoms with E-state index in [1.54, 1.807) is 0 Å². The molecule has 4 aromatic carbocycles. The molecule has 1 aliphatic heterocycles. The number of nitrogens with zero attached hydrogens (tertiary/aromatic N) is 2. The van der Waals surface area contributed by atoms with Crippen molar-refractivity contribution in [2.24, 2.45) is 0 Å². The van der Waals surface area contributed by atoms with Gasteiger partial charge in [0.15, 0.2) is 12.7 Å². The monoisotopic (exact) mass is 562 g/mol. The molecule has 0 radical (unpaired) electrons. The van der Waals surface area contributed by atoms with Crippen LogP contribution in [0.4, 0.5) is 5.69 Å². The van der Waals surface area contributed by atoms with E-state index in [2.05, 4.69) is 149 Å². The van der Waals surface area contributed by atoms with E-state index in [1.165, 1.54) is 43.2 Å². The number of para-hydroxylation sites is 2. The maximum absolute atomic E-state index is 2.41. The van der Waals surface area contributed by atoms with Crippen LogP contribution in [0.1, 0.15) is 16.7 Å². The van der Waals surface area contributed by atoms with E-state index in [0.717, 1.165) is 13.1 Å². The molecule has 6 rings (SSSR count). The van der Waals surface area contributed by atoms with Crippen LogP contribution in [-0.4, -0.2) is 0 Å². The van der Waals surface area contributed by atoms with Crippen LogP contribution in [0.15, 0.2) is 144 Å². The van der Waals surface area contributed by atoms with Crippen molar-refractivity contribution in [3.05, 3.63) is 155 Å². The Kier molecular flexibility index (Phi) is 7.88. The van der Waals surface area contributed by atoms with Crippen LogP contribution in [-0.2, 0) is 13.1 Å². The fourth-order valence-corrected chi connectivity index (χ4v) is 5.79. The molecule has 5 aromatic rings. The summed E-state index contributed by atoms with van der Waals surface area (Å²) in [4.78, 5) is 3.72. The molecule has 4 heteroatoms. The SMILES string of the molecule is C(=Cc1cc[n+](Cc2ccccc2)c2ccccc12)C=C1Sc2ccccc2N1Cc1ccccc1.[Br-]. The molecule has 37 heavy (non-hydrogen) atoms. The lowest BCUT2D eigenvalue weighted by molar-refractivity contribution is -0.662. The topological polar surface area (TPSA) is 7.12 Å². The largest absolute Gasteiger partial charge is 1.00 e. The van der Waals surface area contributed by atoms with Gasteiger partial charge in [0.25, 0.3) is 0 Å². The van der Waals surface area contributed by atoms with Gasteiger partial charge < -0.3 is 21.9 Å². The van der Waals surface area contributed by atoms with E-state index in [-0.39, 0.29) is 17.0 Å². The highest BCUT2D eigenvalue weighted by Crippen LogP contribution is 2.46. The second-order valence-corrected chi connectivity index (χ2v) is 9.97. The molecular weight excluding hydrogens is 536 g/mol. The third kappa shape index (κ3) is 5.56. The van der Waals surface area contributed by atoms with E-state index in [4.69, 9.17) is 0 Å². The molecule has 0 spiro atoms. The zero-order valence-electron chi connectivity index (χ0n) is 20.4. The molecule has 0 saturated carbocycles. The Balaban J connectivity index is 0.00000280. The Labute approximate surface area is 233 Å². The zero-order valence-corrected chi connectivity index (χ0v) is 22.8. The lowest BCUT2D eigenvalue weighted by Gasteiger charge is -2.20. The number of aromatic nitrogens is 1. The molecular formula is C33H27BrN2S. The van der Waals surface area contributed by atoms with Gasteiger partial charge in [-0.3, -0.25) is 0 Å². The van der Waals surface area contributed by atoms with Gasteiger partial charge in [-0.2, -0.15) is 4.57 Å². The van der Waals surface area contributed by atoms with Crippen molar-refractivity contribution in [1.29, 1.82) is 0 Å². The highest BCUT2D eigenvalue weighted by molar-refractivity contribution is 8.03. The standard InChI is InChI=1S/C33H27N2S.BrH/c1-3-12-26(13-4-1)24-34-23-22-28(29-17-7-8-18-30(29)34)16-11-21-33-35(25-27-14-5-2-6-15-27)31-19-9-10-20-32(31)36-33;/h1-23H,24-25H2;1H/q+1;/p-1. The van der Waals surface area contributed by atoms with Crippen LogP contribution < -0.4 is 26.4 Å². The van der Waals surface area contributed by atoms with Crippen molar-refractivity contribution >= 4 is 34.4 Å². The van der Waals surface area contributed by atoms with Gasteiger partial charge in [0.2, 0.25) is 5.52 Å². The number of fused-ring (bicyclic) bond motifs is 2. The van der Waals surface area contributed by atoms with Crippen LogP contribution in [0.5, 0.6) is 0 Å².